The first-order valence-electron chi connectivity index (χ1n) is 11.1. The highest BCUT2D eigenvalue weighted by Crippen LogP contribution is 2.22. The summed E-state index contributed by atoms with van der Waals surface area (Å²) < 4.78 is 11.6. The van der Waals surface area contributed by atoms with E-state index in [-0.39, 0.29) is 24.0 Å². The molecular weight excluding hydrogens is 491 g/mol. The molecule has 2 aliphatic heterocycles. The molecule has 0 bridgehead atoms. The fourth-order valence-electron chi connectivity index (χ4n) is 4.01. The standard InChI is InChI=1S/C23H38N4O2.HI/c1-18-6-7-21(22(12-18)29-17-20-8-11-28-16-20)14-26-23(24-3)25-13-19(2)15-27-9-4-5-10-27;/h6-7,12,19-20H,4-5,8-11,13-17H2,1-3H3,(H2,24,25,26);1H. The summed E-state index contributed by atoms with van der Waals surface area (Å²) in [5.41, 5.74) is 2.37. The number of aliphatic imine (C=N–C) groups is 1. The lowest BCUT2D eigenvalue weighted by molar-refractivity contribution is 0.166. The molecule has 0 radical (unpaired) electrons. The molecule has 0 saturated carbocycles. The van der Waals surface area contributed by atoms with E-state index < -0.39 is 0 Å². The minimum atomic E-state index is 0. The first-order valence-corrected chi connectivity index (χ1v) is 11.1. The summed E-state index contributed by atoms with van der Waals surface area (Å²) in [6.07, 6.45) is 3.78. The van der Waals surface area contributed by atoms with Gasteiger partial charge in [-0.25, -0.2) is 0 Å². The molecule has 2 N–H and O–H groups in total. The molecular formula is C23H39IN4O2. The molecule has 170 valence electrons. The third-order valence-electron chi connectivity index (χ3n) is 5.78. The van der Waals surface area contributed by atoms with Gasteiger partial charge in [-0.05, 0) is 56.8 Å². The lowest BCUT2D eigenvalue weighted by Gasteiger charge is -2.22. The van der Waals surface area contributed by atoms with Gasteiger partial charge in [0.15, 0.2) is 5.96 Å². The van der Waals surface area contributed by atoms with Crippen LogP contribution in [0.4, 0.5) is 0 Å². The van der Waals surface area contributed by atoms with Gasteiger partial charge in [0, 0.05) is 44.8 Å². The van der Waals surface area contributed by atoms with Crippen LogP contribution in [-0.2, 0) is 11.3 Å². The summed E-state index contributed by atoms with van der Waals surface area (Å²) in [4.78, 5) is 6.95. The number of guanidine groups is 1. The van der Waals surface area contributed by atoms with Crippen LogP contribution in [0.2, 0.25) is 0 Å². The number of likely N-dealkylation sites (tertiary alicyclic amines) is 1. The van der Waals surface area contributed by atoms with E-state index in [0.717, 1.165) is 56.6 Å². The second-order valence-corrected chi connectivity index (χ2v) is 8.57. The first-order chi connectivity index (χ1) is 14.1. The monoisotopic (exact) mass is 530 g/mol. The number of halogens is 1. The van der Waals surface area contributed by atoms with Crippen molar-refractivity contribution in [2.75, 3.05) is 53.0 Å². The smallest absolute Gasteiger partial charge is 0.191 e. The summed E-state index contributed by atoms with van der Waals surface area (Å²) in [6, 6.07) is 6.41. The van der Waals surface area contributed by atoms with E-state index in [0.29, 0.717) is 18.4 Å². The van der Waals surface area contributed by atoms with E-state index in [2.05, 4.69) is 52.6 Å². The van der Waals surface area contributed by atoms with E-state index in [9.17, 15) is 0 Å². The Labute approximate surface area is 199 Å². The maximum atomic E-state index is 6.15. The van der Waals surface area contributed by atoms with Gasteiger partial charge in [-0.1, -0.05) is 19.1 Å². The van der Waals surface area contributed by atoms with Crippen LogP contribution in [0.1, 0.15) is 37.3 Å². The van der Waals surface area contributed by atoms with Gasteiger partial charge in [0.2, 0.25) is 0 Å². The third-order valence-corrected chi connectivity index (χ3v) is 5.78. The van der Waals surface area contributed by atoms with Crippen LogP contribution < -0.4 is 15.4 Å². The van der Waals surface area contributed by atoms with Crippen LogP contribution in [0.5, 0.6) is 5.75 Å². The van der Waals surface area contributed by atoms with Crippen LogP contribution in [-0.4, -0.2) is 63.9 Å². The second kappa shape index (κ2) is 13.4. The van der Waals surface area contributed by atoms with Crippen molar-refractivity contribution in [1.82, 2.24) is 15.5 Å². The highest BCUT2D eigenvalue weighted by Gasteiger charge is 2.17. The van der Waals surface area contributed by atoms with Gasteiger partial charge in [0.25, 0.3) is 0 Å². The van der Waals surface area contributed by atoms with Gasteiger partial charge >= 0.3 is 0 Å². The van der Waals surface area contributed by atoms with Gasteiger partial charge in [-0.2, -0.15) is 0 Å². The Bertz CT molecular complexity index is 659. The molecule has 0 aromatic heterocycles. The Morgan fingerprint density at radius 3 is 2.80 bits per heavy atom. The van der Waals surface area contributed by atoms with Crippen LogP contribution in [0.25, 0.3) is 0 Å². The highest BCUT2D eigenvalue weighted by molar-refractivity contribution is 14.0. The van der Waals surface area contributed by atoms with Crippen molar-refractivity contribution in [2.45, 2.75) is 39.7 Å². The molecule has 0 spiro atoms. The summed E-state index contributed by atoms with van der Waals surface area (Å²) in [5.74, 6) is 2.90. The minimum Gasteiger partial charge on any atom is -0.493 e. The molecule has 1 aromatic carbocycles. The molecule has 0 amide bonds. The molecule has 30 heavy (non-hydrogen) atoms. The van der Waals surface area contributed by atoms with E-state index in [1.54, 1.807) is 0 Å². The molecule has 2 heterocycles. The predicted octanol–water partition coefficient (Wildman–Crippen LogP) is 3.43. The summed E-state index contributed by atoms with van der Waals surface area (Å²) >= 11 is 0. The van der Waals surface area contributed by atoms with Crippen LogP contribution in [0.3, 0.4) is 0 Å². The molecule has 2 fully saturated rings. The van der Waals surface area contributed by atoms with Gasteiger partial charge in [0.1, 0.15) is 5.75 Å². The van der Waals surface area contributed by atoms with Crippen LogP contribution in [0.15, 0.2) is 23.2 Å². The molecule has 2 atom stereocenters. The zero-order valence-electron chi connectivity index (χ0n) is 18.8. The zero-order valence-corrected chi connectivity index (χ0v) is 21.1. The van der Waals surface area contributed by atoms with Gasteiger partial charge in [0.05, 0.1) is 13.2 Å². The molecule has 7 heteroatoms. The summed E-state index contributed by atoms with van der Waals surface area (Å²) in [5, 5.41) is 6.92. The maximum Gasteiger partial charge on any atom is 0.191 e. The quantitative estimate of drug-likeness (QED) is 0.291. The SMILES string of the molecule is CN=C(NCc1ccc(C)cc1OCC1CCOC1)NCC(C)CN1CCCC1.I. The Kier molecular flexibility index (Phi) is 11.2. The number of benzene rings is 1. The lowest BCUT2D eigenvalue weighted by atomic mass is 10.1. The van der Waals surface area contributed by atoms with Crippen molar-refractivity contribution >= 4 is 29.9 Å². The number of hydrogen-bond acceptors (Lipinski definition) is 4. The molecule has 0 aliphatic carbocycles. The van der Waals surface area contributed by atoms with E-state index in [4.69, 9.17) is 9.47 Å². The number of ether oxygens (including phenoxy) is 2. The normalized spacial score (nSPS) is 20.6. The van der Waals surface area contributed by atoms with E-state index in [1.807, 2.05) is 7.05 Å². The zero-order chi connectivity index (χ0) is 20.5. The Morgan fingerprint density at radius 1 is 1.30 bits per heavy atom. The Balaban J connectivity index is 0.00000320. The van der Waals surface area contributed by atoms with E-state index in [1.165, 1.54) is 31.5 Å². The maximum absolute atomic E-state index is 6.15. The predicted molar refractivity (Wildman–Crippen MR) is 134 cm³/mol. The van der Waals surface area contributed by atoms with Crippen molar-refractivity contribution in [3.05, 3.63) is 29.3 Å². The van der Waals surface area contributed by atoms with Gasteiger partial charge in [-0.15, -0.1) is 24.0 Å². The van der Waals surface area contributed by atoms with Crippen molar-refractivity contribution < 1.29 is 9.47 Å². The van der Waals surface area contributed by atoms with Crippen molar-refractivity contribution in [2.24, 2.45) is 16.8 Å². The Hall–Kier alpha value is -1.06. The van der Waals surface area contributed by atoms with Crippen molar-refractivity contribution in [3.63, 3.8) is 0 Å². The second-order valence-electron chi connectivity index (χ2n) is 8.57. The Morgan fingerprint density at radius 2 is 2.10 bits per heavy atom. The van der Waals surface area contributed by atoms with E-state index >= 15 is 0 Å². The fraction of sp³-hybridized carbons (Fsp3) is 0.696. The molecule has 1 aromatic rings. The minimum absolute atomic E-state index is 0. The summed E-state index contributed by atoms with van der Waals surface area (Å²) in [7, 11) is 1.83. The highest BCUT2D eigenvalue weighted by atomic mass is 127. The largest absolute Gasteiger partial charge is 0.493 e. The van der Waals surface area contributed by atoms with Crippen molar-refractivity contribution in [1.29, 1.82) is 0 Å². The molecule has 2 unspecified atom stereocenters. The number of hydrogen-bond donors (Lipinski definition) is 2. The topological polar surface area (TPSA) is 58.1 Å². The number of nitrogens with one attached hydrogen (secondary N) is 2. The first kappa shape index (κ1) is 25.2. The molecule has 2 aliphatic rings. The fourth-order valence-corrected chi connectivity index (χ4v) is 4.01. The van der Waals surface area contributed by atoms with Gasteiger partial charge < -0.3 is 25.0 Å². The van der Waals surface area contributed by atoms with Crippen LogP contribution >= 0.6 is 24.0 Å². The molecule has 2 saturated heterocycles. The number of nitrogens with zero attached hydrogens (tertiary/aromatic N) is 2. The number of rotatable bonds is 9. The molecule has 6 nitrogen and oxygen atoms in total. The summed E-state index contributed by atoms with van der Waals surface area (Å²) in [6.45, 7) is 12.1. The van der Waals surface area contributed by atoms with Gasteiger partial charge in [-0.3, -0.25) is 4.99 Å². The van der Waals surface area contributed by atoms with Crippen LogP contribution in [0, 0.1) is 18.8 Å². The number of aryl methyl sites for hydroxylation is 1. The average molecular weight is 530 g/mol. The van der Waals surface area contributed by atoms with Crippen molar-refractivity contribution in [3.8, 4) is 5.75 Å². The average Bonchev–Trinajstić information content (AvgIpc) is 3.41. The lowest BCUT2D eigenvalue weighted by Crippen LogP contribution is -2.41. The molecule has 3 rings (SSSR count). The third kappa shape index (κ3) is 8.23.